The van der Waals surface area contributed by atoms with Gasteiger partial charge in [0, 0.05) is 18.0 Å². The van der Waals surface area contributed by atoms with Crippen molar-refractivity contribution in [2.24, 2.45) is 0 Å². The van der Waals surface area contributed by atoms with Gasteiger partial charge in [-0.25, -0.2) is 9.97 Å². The molecule has 0 fully saturated rings. The van der Waals surface area contributed by atoms with E-state index in [1.165, 1.54) is 0 Å². The zero-order valence-electron chi connectivity index (χ0n) is 10.0. The predicted octanol–water partition coefficient (Wildman–Crippen LogP) is 3.85. The first-order valence-electron chi connectivity index (χ1n) is 5.70. The molecule has 0 amide bonds. The van der Waals surface area contributed by atoms with Crippen molar-refractivity contribution >= 4 is 40.3 Å². The van der Waals surface area contributed by atoms with Gasteiger partial charge in [0.1, 0.15) is 11.3 Å². The summed E-state index contributed by atoms with van der Waals surface area (Å²) in [6.45, 7) is -0.243. The molecule has 3 rings (SSSR count). The highest BCUT2D eigenvalue weighted by Crippen LogP contribution is 2.34. The number of hydrogen-bond acceptors (Lipinski definition) is 3. The Morgan fingerprint density at radius 1 is 1.20 bits per heavy atom. The van der Waals surface area contributed by atoms with E-state index in [0.29, 0.717) is 32.6 Å². The summed E-state index contributed by atoms with van der Waals surface area (Å²) in [6.07, 6.45) is 3.26. The Kier molecular flexibility index (Phi) is 3.56. The maximum Gasteiger partial charge on any atom is 0.155 e. The summed E-state index contributed by atoms with van der Waals surface area (Å²) in [5.74, 6) is 0.556. The molecule has 102 valence electrons. The third kappa shape index (κ3) is 2.05. The van der Waals surface area contributed by atoms with Gasteiger partial charge >= 0.3 is 0 Å². The summed E-state index contributed by atoms with van der Waals surface area (Å²) in [5.41, 5.74) is 1.66. The van der Waals surface area contributed by atoms with Gasteiger partial charge in [-0.05, 0) is 12.1 Å². The second-order valence-electron chi connectivity index (χ2n) is 4.08. The summed E-state index contributed by atoms with van der Waals surface area (Å²) in [4.78, 5) is 8.38. The number of hydrogen-bond donors (Lipinski definition) is 1. The fourth-order valence-corrected chi connectivity index (χ4v) is 2.69. The first-order valence-corrected chi connectivity index (χ1v) is 6.83. The standard InChI is InChI=1S/C13H8Cl3N3O/c14-8-3-1-2-7(10(8)15)13-18-9(6-20)11-12(16)17-4-5-19(11)13/h1-5,20H,6H2. The van der Waals surface area contributed by atoms with E-state index in [4.69, 9.17) is 34.8 Å². The van der Waals surface area contributed by atoms with Gasteiger partial charge in [-0.15, -0.1) is 0 Å². The lowest BCUT2D eigenvalue weighted by Gasteiger charge is -2.05. The van der Waals surface area contributed by atoms with E-state index < -0.39 is 0 Å². The predicted molar refractivity (Wildman–Crippen MR) is 79.4 cm³/mol. The van der Waals surface area contributed by atoms with Crippen LogP contribution in [0.25, 0.3) is 16.9 Å². The molecule has 2 aromatic heterocycles. The van der Waals surface area contributed by atoms with E-state index in [1.54, 1.807) is 35.0 Å². The second-order valence-corrected chi connectivity index (χ2v) is 5.22. The highest BCUT2D eigenvalue weighted by atomic mass is 35.5. The first kappa shape index (κ1) is 13.6. The molecule has 0 unspecified atom stereocenters. The fourth-order valence-electron chi connectivity index (χ4n) is 2.05. The number of rotatable bonds is 2. The molecule has 4 nitrogen and oxygen atoms in total. The molecule has 0 saturated carbocycles. The Labute approximate surface area is 129 Å². The average Bonchev–Trinajstić information content (AvgIpc) is 2.82. The van der Waals surface area contributed by atoms with E-state index in [-0.39, 0.29) is 11.8 Å². The SMILES string of the molecule is OCc1nc(-c2cccc(Cl)c2Cl)n2ccnc(Cl)c12. The van der Waals surface area contributed by atoms with E-state index in [1.807, 2.05) is 0 Å². The van der Waals surface area contributed by atoms with Crippen LogP contribution in [0.15, 0.2) is 30.6 Å². The highest BCUT2D eigenvalue weighted by molar-refractivity contribution is 6.43. The van der Waals surface area contributed by atoms with Crippen molar-refractivity contribution in [1.82, 2.24) is 14.4 Å². The van der Waals surface area contributed by atoms with Crippen molar-refractivity contribution in [1.29, 1.82) is 0 Å². The molecule has 0 aliphatic heterocycles. The fraction of sp³-hybridized carbons (Fsp3) is 0.0769. The van der Waals surface area contributed by atoms with Crippen LogP contribution in [0, 0.1) is 0 Å². The molecule has 0 aliphatic carbocycles. The van der Waals surface area contributed by atoms with Gasteiger partial charge in [0.05, 0.1) is 22.3 Å². The van der Waals surface area contributed by atoms with Crippen LogP contribution < -0.4 is 0 Å². The Balaban J connectivity index is 2.38. The van der Waals surface area contributed by atoms with Crippen molar-refractivity contribution in [3.8, 4) is 11.4 Å². The van der Waals surface area contributed by atoms with Crippen molar-refractivity contribution < 1.29 is 5.11 Å². The molecule has 1 aromatic carbocycles. The van der Waals surface area contributed by atoms with Crippen LogP contribution in [-0.4, -0.2) is 19.5 Å². The number of benzene rings is 1. The zero-order valence-corrected chi connectivity index (χ0v) is 12.3. The molecule has 0 bridgehead atoms. The quantitative estimate of drug-likeness (QED) is 0.777. The molecule has 2 heterocycles. The normalized spacial score (nSPS) is 11.2. The van der Waals surface area contributed by atoms with Gasteiger partial charge in [0.25, 0.3) is 0 Å². The maximum atomic E-state index is 9.42. The largest absolute Gasteiger partial charge is 0.390 e. The lowest BCUT2D eigenvalue weighted by molar-refractivity contribution is 0.279. The number of aliphatic hydroxyl groups is 1. The first-order chi connectivity index (χ1) is 9.63. The minimum atomic E-state index is -0.243. The van der Waals surface area contributed by atoms with Crippen LogP contribution in [0.4, 0.5) is 0 Å². The number of aliphatic hydroxyl groups excluding tert-OH is 1. The minimum Gasteiger partial charge on any atom is -0.390 e. The summed E-state index contributed by atoms with van der Waals surface area (Å²) >= 11 is 18.3. The highest BCUT2D eigenvalue weighted by Gasteiger charge is 2.17. The lowest BCUT2D eigenvalue weighted by atomic mass is 10.2. The van der Waals surface area contributed by atoms with Crippen LogP contribution in [0.2, 0.25) is 15.2 Å². The summed E-state index contributed by atoms with van der Waals surface area (Å²) in [5, 5.41) is 10.5. The number of aromatic nitrogens is 3. The van der Waals surface area contributed by atoms with Gasteiger partial charge in [-0.2, -0.15) is 0 Å². The van der Waals surface area contributed by atoms with Crippen LogP contribution >= 0.6 is 34.8 Å². The minimum absolute atomic E-state index is 0.243. The van der Waals surface area contributed by atoms with E-state index in [2.05, 4.69) is 9.97 Å². The number of halogens is 3. The van der Waals surface area contributed by atoms with Crippen LogP contribution in [-0.2, 0) is 6.61 Å². The molecule has 1 N–H and O–H groups in total. The summed E-state index contributed by atoms with van der Waals surface area (Å²) in [6, 6.07) is 5.29. The molecular weight excluding hydrogens is 321 g/mol. The molecule has 3 aromatic rings. The van der Waals surface area contributed by atoms with E-state index in [9.17, 15) is 5.11 Å². The number of fused-ring (bicyclic) bond motifs is 1. The monoisotopic (exact) mass is 327 g/mol. The lowest BCUT2D eigenvalue weighted by Crippen LogP contribution is -1.92. The number of imidazole rings is 1. The topological polar surface area (TPSA) is 50.4 Å². The Hall–Kier alpha value is -1.33. The zero-order chi connectivity index (χ0) is 14.3. The van der Waals surface area contributed by atoms with Crippen molar-refractivity contribution in [3.05, 3.63) is 51.5 Å². The van der Waals surface area contributed by atoms with Crippen molar-refractivity contribution in [2.45, 2.75) is 6.61 Å². The number of nitrogens with zero attached hydrogens (tertiary/aromatic N) is 3. The van der Waals surface area contributed by atoms with Gasteiger partial charge in [-0.1, -0.05) is 40.9 Å². The summed E-state index contributed by atoms with van der Waals surface area (Å²) in [7, 11) is 0. The molecule has 20 heavy (non-hydrogen) atoms. The third-order valence-electron chi connectivity index (χ3n) is 2.92. The molecule has 0 radical (unpaired) electrons. The smallest absolute Gasteiger partial charge is 0.155 e. The van der Waals surface area contributed by atoms with Crippen LogP contribution in [0.1, 0.15) is 5.69 Å². The van der Waals surface area contributed by atoms with Crippen LogP contribution in [0.5, 0.6) is 0 Å². The average molecular weight is 329 g/mol. The molecule has 0 saturated heterocycles. The third-order valence-corrected chi connectivity index (χ3v) is 4.02. The molecule has 0 aliphatic rings. The van der Waals surface area contributed by atoms with Crippen molar-refractivity contribution in [2.75, 3.05) is 0 Å². The van der Waals surface area contributed by atoms with Crippen molar-refractivity contribution in [3.63, 3.8) is 0 Å². The van der Waals surface area contributed by atoms with Gasteiger partial charge in [-0.3, -0.25) is 4.40 Å². The van der Waals surface area contributed by atoms with E-state index >= 15 is 0 Å². The van der Waals surface area contributed by atoms with Gasteiger partial charge in [0.15, 0.2) is 5.15 Å². The Morgan fingerprint density at radius 2 is 2.00 bits per heavy atom. The Morgan fingerprint density at radius 3 is 2.75 bits per heavy atom. The van der Waals surface area contributed by atoms with Gasteiger partial charge < -0.3 is 5.11 Å². The van der Waals surface area contributed by atoms with E-state index in [0.717, 1.165) is 0 Å². The Bertz CT molecular complexity index is 801. The molecule has 0 spiro atoms. The van der Waals surface area contributed by atoms with Gasteiger partial charge in [0.2, 0.25) is 0 Å². The molecule has 7 heteroatoms. The van der Waals surface area contributed by atoms with Crippen LogP contribution in [0.3, 0.4) is 0 Å². The molecule has 0 atom stereocenters. The molecular formula is C13H8Cl3N3O. The maximum absolute atomic E-state index is 9.42. The second kappa shape index (κ2) is 5.22. The summed E-state index contributed by atoms with van der Waals surface area (Å²) < 4.78 is 1.73.